The van der Waals surface area contributed by atoms with Gasteiger partial charge in [0.25, 0.3) is 5.91 Å². The highest BCUT2D eigenvalue weighted by Gasteiger charge is 2.35. The van der Waals surface area contributed by atoms with Crippen molar-refractivity contribution < 1.29 is 23.1 Å². The van der Waals surface area contributed by atoms with Gasteiger partial charge >= 0.3 is 6.18 Å². The van der Waals surface area contributed by atoms with E-state index < -0.39 is 17.6 Å². The lowest BCUT2D eigenvalue weighted by atomic mass is 10.1. The Hall–Kier alpha value is -1.76. The molecule has 116 valence electrons. The maximum absolute atomic E-state index is 13.0. The summed E-state index contributed by atoms with van der Waals surface area (Å²) in [7, 11) is 1.40. The Morgan fingerprint density at radius 2 is 2.19 bits per heavy atom. The van der Waals surface area contributed by atoms with E-state index in [2.05, 4.69) is 5.32 Å². The predicted octanol–water partition coefficient (Wildman–Crippen LogP) is 2.20. The number of likely N-dealkylation sites (tertiary alicyclic amines) is 1. The quantitative estimate of drug-likeness (QED) is 0.900. The SMILES string of the molecule is CNc1ccc(C(=O)N2CCC(CO)C2)cc1C(F)(F)F. The van der Waals surface area contributed by atoms with E-state index >= 15 is 0 Å². The number of nitrogens with one attached hydrogen (secondary N) is 1. The number of benzene rings is 1. The van der Waals surface area contributed by atoms with E-state index in [1.165, 1.54) is 24.1 Å². The van der Waals surface area contributed by atoms with Gasteiger partial charge in [-0.25, -0.2) is 0 Å². The van der Waals surface area contributed by atoms with Gasteiger partial charge in [-0.15, -0.1) is 0 Å². The molecule has 1 unspecified atom stereocenters. The molecular weight excluding hydrogens is 285 g/mol. The maximum atomic E-state index is 13.0. The van der Waals surface area contributed by atoms with Crippen LogP contribution in [0.25, 0.3) is 0 Å². The molecule has 0 spiro atoms. The van der Waals surface area contributed by atoms with Crippen LogP contribution in [0, 0.1) is 5.92 Å². The molecule has 1 heterocycles. The number of alkyl halides is 3. The number of anilines is 1. The number of halogens is 3. The molecular formula is C14H17F3N2O2. The molecule has 0 aliphatic carbocycles. The summed E-state index contributed by atoms with van der Waals surface area (Å²) in [5.74, 6) is -0.424. The number of amides is 1. The van der Waals surface area contributed by atoms with Crippen LogP contribution >= 0.6 is 0 Å². The van der Waals surface area contributed by atoms with Gasteiger partial charge in [-0.1, -0.05) is 0 Å². The first kappa shape index (κ1) is 15.6. The lowest BCUT2D eigenvalue weighted by Gasteiger charge is -2.18. The van der Waals surface area contributed by atoms with Gasteiger partial charge in [-0.2, -0.15) is 13.2 Å². The van der Waals surface area contributed by atoms with Gasteiger partial charge in [-0.05, 0) is 24.6 Å². The molecule has 1 aliphatic heterocycles. The van der Waals surface area contributed by atoms with Crippen molar-refractivity contribution in [3.8, 4) is 0 Å². The van der Waals surface area contributed by atoms with E-state index in [0.29, 0.717) is 19.5 Å². The molecule has 7 heteroatoms. The van der Waals surface area contributed by atoms with Crippen LogP contribution in [0.5, 0.6) is 0 Å². The van der Waals surface area contributed by atoms with Crippen LogP contribution in [0.4, 0.5) is 18.9 Å². The van der Waals surface area contributed by atoms with Crippen molar-refractivity contribution in [2.24, 2.45) is 5.92 Å². The van der Waals surface area contributed by atoms with Gasteiger partial charge in [0.15, 0.2) is 0 Å². The van der Waals surface area contributed by atoms with Crippen molar-refractivity contribution >= 4 is 11.6 Å². The summed E-state index contributed by atoms with van der Waals surface area (Å²) in [5.41, 5.74) is -0.901. The molecule has 2 rings (SSSR count). The van der Waals surface area contributed by atoms with Crippen molar-refractivity contribution in [1.29, 1.82) is 0 Å². The van der Waals surface area contributed by atoms with Gasteiger partial charge in [-0.3, -0.25) is 4.79 Å². The number of rotatable bonds is 3. The number of aliphatic hydroxyl groups excluding tert-OH is 1. The Bertz CT molecular complexity index is 531. The molecule has 1 aliphatic rings. The molecule has 0 bridgehead atoms. The normalized spacial score (nSPS) is 18.9. The van der Waals surface area contributed by atoms with Gasteiger partial charge in [0.05, 0.1) is 5.56 Å². The molecule has 1 aromatic rings. The van der Waals surface area contributed by atoms with Crippen LogP contribution in [0.3, 0.4) is 0 Å². The molecule has 1 fully saturated rings. The molecule has 2 N–H and O–H groups in total. The predicted molar refractivity (Wildman–Crippen MR) is 72.1 cm³/mol. The Balaban J connectivity index is 2.26. The minimum atomic E-state index is -4.52. The van der Waals surface area contributed by atoms with Crippen molar-refractivity contribution in [2.45, 2.75) is 12.6 Å². The average Bonchev–Trinajstić information content (AvgIpc) is 2.93. The third kappa shape index (κ3) is 3.29. The molecule has 1 amide bonds. The van der Waals surface area contributed by atoms with Gasteiger partial charge in [0.1, 0.15) is 0 Å². The zero-order chi connectivity index (χ0) is 15.6. The van der Waals surface area contributed by atoms with Crippen LogP contribution in [0.15, 0.2) is 18.2 Å². The second-order valence-electron chi connectivity index (χ2n) is 5.10. The van der Waals surface area contributed by atoms with Crippen LogP contribution in [-0.4, -0.2) is 42.7 Å². The molecule has 0 aromatic heterocycles. The summed E-state index contributed by atoms with van der Waals surface area (Å²) >= 11 is 0. The van der Waals surface area contributed by atoms with Gasteiger partial charge in [0, 0.05) is 43.9 Å². The van der Waals surface area contributed by atoms with Crippen molar-refractivity contribution in [3.05, 3.63) is 29.3 Å². The molecule has 1 aromatic carbocycles. The van der Waals surface area contributed by atoms with Gasteiger partial charge in [0.2, 0.25) is 0 Å². The number of carbonyl (C=O) groups is 1. The monoisotopic (exact) mass is 302 g/mol. The number of aliphatic hydroxyl groups is 1. The van der Waals surface area contributed by atoms with E-state index in [0.717, 1.165) is 6.07 Å². The van der Waals surface area contributed by atoms with Crippen LogP contribution in [0.2, 0.25) is 0 Å². The topological polar surface area (TPSA) is 52.6 Å². The zero-order valence-electron chi connectivity index (χ0n) is 11.6. The zero-order valence-corrected chi connectivity index (χ0v) is 11.6. The first-order valence-corrected chi connectivity index (χ1v) is 6.66. The number of hydrogen-bond acceptors (Lipinski definition) is 3. The van der Waals surface area contributed by atoms with Gasteiger partial charge < -0.3 is 15.3 Å². The second kappa shape index (κ2) is 5.93. The minimum absolute atomic E-state index is 0.00705. The largest absolute Gasteiger partial charge is 0.418 e. The highest BCUT2D eigenvalue weighted by Crippen LogP contribution is 2.35. The third-order valence-corrected chi connectivity index (χ3v) is 3.67. The number of carbonyl (C=O) groups excluding carboxylic acids is 1. The second-order valence-corrected chi connectivity index (χ2v) is 5.10. The summed E-state index contributed by atoms with van der Waals surface area (Å²) in [6, 6.07) is 3.52. The summed E-state index contributed by atoms with van der Waals surface area (Å²) in [4.78, 5) is 13.7. The molecule has 0 saturated carbocycles. The molecule has 4 nitrogen and oxygen atoms in total. The maximum Gasteiger partial charge on any atom is 0.418 e. The highest BCUT2D eigenvalue weighted by atomic mass is 19.4. The summed E-state index contributed by atoms with van der Waals surface area (Å²) < 4.78 is 38.9. The lowest BCUT2D eigenvalue weighted by Crippen LogP contribution is -2.29. The van der Waals surface area contributed by atoms with Crippen LogP contribution in [-0.2, 0) is 6.18 Å². The fourth-order valence-corrected chi connectivity index (χ4v) is 2.48. The molecule has 21 heavy (non-hydrogen) atoms. The smallest absolute Gasteiger partial charge is 0.396 e. The van der Waals surface area contributed by atoms with Crippen LogP contribution in [0.1, 0.15) is 22.3 Å². The van der Waals surface area contributed by atoms with E-state index in [-0.39, 0.29) is 23.8 Å². The Labute approximate surface area is 120 Å². The summed E-state index contributed by atoms with van der Waals surface area (Å²) in [6.45, 7) is 0.819. The first-order chi connectivity index (χ1) is 9.86. The number of nitrogens with zero attached hydrogens (tertiary/aromatic N) is 1. The van der Waals surface area contributed by atoms with Crippen LogP contribution < -0.4 is 5.32 Å². The molecule has 0 radical (unpaired) electrons. The van der Waals surface area contributed by atoms with Crippen molar-refractivity contribution in [3.63, 3.8) is 0 Å². The number of hydrogen-bond donors (Lipinski definition) is 2. The van der Waals surface area contributed by atoms with E-state index in [1.54, 1.807) is 0 Å². The fraction of sp³-hybridized carbons (Fsp3) is 0.500. The first-order valence-electron chi connectivity index (χ1n) is 6.66. The molecule has 1 saturated heterocycles. The highest BCUT2D eigenvalue weighted by molar-refractivity contribution is 5.95. The van der Waals surface area contributed by atoms with Crippen molar-refractivity contribution in [1.82, 2.24) is 4.90 Å². The third-order valence-electron chi connectivity index (χ3n) is 3.67. The van der Waals surface area contributed by atoms with E-state index in [1.807, 2.05) is 0 Å². The van der Waals surface area contributed by atoms with E-state index in [9.17, 15) is 18.0 Å². The fourth-order valence-electron chi connectivity index (χ4n) is 2.48. The lowest BCUT2D eigenvalue weighted by molar-refractivity contribution is -0.136. The van der Waals surface area contributed by atoms with E-state index in [4.69, 9.17) is 5.11 Å². The van der Waals surface area contributed by atoms with Crippen molar-refractivity contribution in [2.75, 3.05) is 32.1 Å². The average molecular weight is 302 g/mol. The Morgan fingerprint density at radius 1 is 1.48 bits per heavy atom. The Morgan fingerprint density at radius 3 is 2.71 bits per heavy atom. The Kier molecular flexibility index (Phi) is 4.41. The molecule has 1 atom stereocenters. The minimum Gasteiger partial charge on any atom is -0.396 e. The summed E-state index contributed by atoms with van der Waals surface area (Å²) in [6.07, 6.45) is -3.85. The standard InChI is InChI=1S/C14H17F3N2O2/c1-18-12-3-2-10(6-11(12)14(15,16)17)13(21)19-5-4-9(7-19)8-20/h2-3,6,9,18,20H,4-5,7-8H2,1H3. The summed E-state index contributed by atoms with van der Waals surface area (Å²) in [5, 5.41) is 11.5.